The van der Waals surface area contributed by atoms with E-state index >= 15 is 0 Å². The van der Waals surface area contributed by atoms with Crippen molar-refractivity contribution in [2.24, 2.45) is 0 Å². The molecule has 0 saturated heterocycles. The second-order valence-electron chi connectivity index (χ2n) is 3.60. The van der Waals surface area contributed by atoms with Gasteiger partial charge in [0, 0.05) is 24.3 Å². The van der Waals surface area contributed by atoms with Crippen LogP contribution in [-0.2, 0) is 6.54 Å². The number of carbonyl (C=O) groups is 1. The number of hydrogen-bond donors (Lipinski definition) is 0. The minimum absolute atomic E-state index is 0.0919. The quantitative estimate of drug-likeness (QED) is 0.855. The summed E-state index contributed by atoms with van der Waals surface area (Å²) in [7, 11) is 1.76. The molecule has 0 saturated carbocycles. The molecular formula is C12H11ClN2OS. The van der Waals surface area contributed by atoms with Crippen molar-refractivity contribution in [3.63, 3.8) is 0 Å². The van der Waals surface area contributed by atoms with Gasteiger partial charge in [-0.1, -0.05) is 17.7 Å². The topological polar surface area (TPSA) is 33.2 Å². The molecule has 0 aliphatic heterocycles. The number of thiophene rings is 1. The first-order valence-corrected chi connectivity index (χ1v) is 6.31. The van der Waals surface area contributed by atoms with Crippen LogP contribution in [0.25, 0.3) is 0 Å². The average molecular weight is 267 g/mol. The zero-order chi connectivity index (χ0) is 12.3. The number of pyridine rings is 1. The summed E-state index contributed by atoms with van der Waals surface area (Å²) < 4.78 is 0. The van der Waals surface area contributed by atoms with Crippen LogP contribution in [0.15, 0.2) is 36.0 Å². The molecule has 88 valence electrons. The van der Waals surface area contributed by atoms with Gasteiger partial charge in [0.1, 0.15) is 0 Å². The van der Waals surface area contributed by atoms with Gasteiger partial charge in [0.2, 0.25) is 0 Å². The maximum Gasteiger partial charge on any atom is 0.255 e. The van der Waals surface area contributed by atoms with Crippen LogP contribution in [0.5, 0.6) is 0 Å². The van der Waals surface area contributed by atoms with Crippen molar-refractivity contribution in [1.29, 1.82) is 0 Å². The predicted octanol–water partition coefficient (Wildman–Crippen LogP) is 3.07. The van der Waals surface area contributed by atoms with Gasteiger partial charge < -0.3 is 4.90 Å². The Labute approximate surface area is 109 Å². The van der Waals surface area contributed by atoms with Crippen LogP contribution in [0.2, 0.25) is 5.02 Å². The van der Waals surface area contributed by atoms with Crippen molar-refractivity contribution in [3.05, 3.63) is 51.4 Å². The van der Waals surface area contributed by atoms with E-state index in [2.05, 4.69) is 4.98 Å². The van der Waals surface area contributed by atoms with Crippen LogP contribution >= 0.6 is 22.9 Å². The van der Waals surface area contributed by atoms with Gasteiger partial charge in [-0.25, -0.2) is 0 Å². The summed E-state index contributed by atoms with van der Waals surface area (Å²) in [6.45, 7) is 0.592. The monoisotopic (exact) mass is 266 g/mol. The molecule has 2 heterocycles. The molecule has 0 radical (unpaired) electrons. The van der Waals surface area contributed by atoms with Gasteiger partial charge in [0.15, 0.2) is 0 Å². The summed E-state index contributed by atoms with van der Waals surface area (Å²) in [6, 6.07) is 5.61. The third-order valence-corrected chi connectivity index (χ3v) is 3.49. The van der Waals surface area contributed by atoms with E-state index in [4.69, 9.17) is 11.6 Å². The molecule has 0 N–H and O–H groups in total. The molecule has 0 spiro atoms. The van der Waals surface area contributed by atoms with Gasteiger partial charge in [-0.15, -0.1) is 11.3 Å². The van der Waals surface area contributed by atoms with Gasteiger partial charge in [-0.2, -0.15) is 0 Å². The fourth-order valence-electron chi connectivity index (χ4n) is 1.46. The highest BCUT2D eigenvalue weighted by Crippen LogP contribution is 2.17. The Morgan fingerprint density at radius 1 is 1.53 bits per heavy atom. The van der Waals surface area contributed by atoms with E-state index < -0.39 is 0 Å². The lowest BCUT2D eigenvalue weighted by molar-refractivity contribution is 0.0786. The number of rotatable bonds is 3. The zero-order valence-electron chi connectivity index (χ0n) is 9.26. The molecule has 0 bridgehead atoms. The third-order valence-electron chi connectivity index (χ3n) is 2.32. The van der Waals surface area contributed by atoms with Crippen molar-refractivity contribution in [1.82, 2.24) is 9.88 Å². The first-order chi connectivity index (χ1) is 8.18. The average Bonchev–Trinajstić information content (AvgIpc) is 2.81. The molecule has 0 aliphatic carbocycles. The van der Waals surface area contributed by atoms with Crippen LogP contribution in [0.3, 0.4) is 0 Å². The largest absolute Gasteiger partial charge is 0.337 e. The van der Waals surface area contributed by atoms with E-state index in [9.17, 15) is 4.79 Å². The minimum Gasteiger partial charge on any atom is -0.337 e. The van der Waals surface area contributed by atoms with E-state index in [1.807, 2.05) is 17.5 Å². The molecule has 5 heteroatoms. The second kappa shape index (κ2) is 5.29. The molecule has 0 aromatic carbocycles. The number of carbonyl (C=O) groups excluding carboxylic acids is 1. The number of halogens is 1. The van der Waals surface area contributed by atoms with E-state index in [0.717, 1.165) is 4.88 Å². The van der Waals surface area contributed by atoms with E-state index in [0.29, 0.717) is 17.1 Å². The summed E-state index contributed by atoms with van der Waals surface area (Å²) >= 11 is 7.57. The van der Waals surface area contributed by atoms with Gasteiger partial charge >= 0.3 is 0 Å². The lowest BCUT2D eigenvalue weighted by Gasteiger charge is -2.16. The van der Waals surface area contributed by atoms with Crippen molar-refractivity contribution < 1.29 is 4.79 Å². The van der Waals surface area contributed by atoms with Crippen molar-refractivity contribution in [2.45, 2.75) is 6.54 Å². The summed E-state index contributed by atoms with van der Waals surface area (Å²) in [5.74, 6) is -0.0919. The fraction of sp³-hybridized carbons (Fsp3) is 0.167. The van der Waals surface area contributed by atoms with Crippen LogP contribution < -0.4 is 0 Å². The lowest BCUT2D eigenvalue weighted by Crippen LogP contribution is -2.26. The summed E-state index contributed by atoms with van der Waals surface area (Å²) in [4.78, 5) is 18.8. The Kier molecular flexibility index (Phi) is 3.76. The SMILES string of the molecule is CN(Cc1cccs1)C(=O)c1ccncc1Cl. The molecule has 3 nitrogen and oxygen atoms in total. The lowest BCUT2D eigenvalue weighted by atomic mass is 10.2. The van der Waals surface area contributed by atoms with Crippen molar-refractivity contribution in [3.8, 4) is 0 Å². The highest BCUT2D eigenvalue weighted by molar-refractivity contribution is 7.09. The summed E-state index contributed by atoms with van der Waals surface area (Å²) in [5, 5.41) is 2.38. The van der Waals surface area contributed by atoms with E-state index in [1.54, 1.807) is 35.5 Å². The number of hydrogen-bond acceptors (Lipinski definition) is 3. The summed E-state index contributed by atoms with van der Waals surface area (Å²) in [6.07, 6.45) is 3.05. The van der Waals surface area contributed by atoms with Gasteiger partial charge in [0.25, 0.3) is 5.91 Å². The smallest absolute Gasteiger partial charge is 0.255 e. The van der Waals surface area contributed by atoms with Gasteiger partial charge in [0.05, 0.1) is 17.1 Å². The molecular weight excluding hydrogens is 256 g/mol. The van der Waals surface area contributed by atoms with Crippen molar-refractivity contribution in [2.75, 3.05) is 7.05 Å². The highest BCUT2D eigenvalue weighted by atomic mass is 35.5. The molecule has 2 aromatic rings. The minimum atomic E-state index is -0.0919. The molecule has 0 aliphatic rings. The van der Waals surface area contributed by atoms with Crippen LogP contribution in [0.1, 0.15) is 15.2 Å². The molecule has 0 fully saturated rings. The molecule has 2 aromatic heterocycles. The normalized spacial score (nSPS) is 10.2. The zero-order valence-corrected chi connectivity index (χ0v) is 10.8. The molecule has 2 rings (SSSR count). The first kappa shape index (κ1) is 12.1. The molecule has 0 unspecified atom stereocenters. The second-order valence-corrected chi connectivity index (χ2v) is 5.04. The van der Waals surface area contributed by atoms with Gasteiger partial charge in [-0.05, 0) is 17.5 Å². The fourth-order valence-corrected chi connectivity index (χ4v) is 2.42. The van der Waals surface area contributed by atoms with E-state index in [1.165, 1.54) is 6.20 Å². The Bertz CT molecular complexity index is 513. The molecule has 17 heavy (non-hydrogen) atoms. The third kappa shape index (κ3) is 2.84. The maximum absolute atomic E-state index is 12.1. The summed E-state index contributed by atoms with van der Waals surface area (Å²) in [5.41, 5.74) is 0.487. The standard InChI is InChI=1S/C12H11ClN2OS/c1-15(8-9-3-2-6-17-9)12(16)10-4-5-14-7-11(10)13/h2-7H,8H2,1H3. The van der Waals surface area contributed by atoms with Crippen molar-refractivity contribution >= 4 is 28.8 Å². The predicted molar refractivity (Wildman–Crippen MR) is 69.4 cm³/mol. The maximum atomic E-state index is 12.1. The highest BCUT2D eigenvalue weighted by Gasteiger charge is 2.15. The Morgan fingerprint density at radius 3 is 3.00 bits per heavy atom. The van der Waals surface area contributed by atoms with Gasteiger partial charge in [-0.3, -0.25) is 9.78 Å². The Balaban J connectivity index is 2.13. The molecule has 0 atom stereocenters. The van der Waals surface area contributed by atoms with Crippen LogP contribution in [-0.4, -0.2) is 22.8 Å². The van der Waals surface area contributed by atoms with E-state index in [-0.39, 0.29) is 5.91 Å². The number of amides is 1. The first-order valence-electron chi connectivity index (χ1n) is 5.06. The molecule has 1 amide bonds. The number of nitrogens with zero attached hydrogens (tertiary/aromatic N) is 2. The number of aromatic nitrogens is 1. The van der Waals surface area contributed by atoms with Crippen LogP contribution in [0, 0.1) is 0 Å². The Morgan fingerprint density at radius 2 is 2.35 bits per heavy atom. The van der Waals surface area contributed by atoms with Crippen LogP contribution in [0.4, 0.5) is 0 Å². The Hall–Kier alpha value is -1.39.